The number of benzene rings is 1. The van der Waals surface area contributed by atoms with Crippen molar-refractivity contribution in [3.63, 3.8) is 0 Å². The van der Waals surface area contributed by atoms with Crippen LogP contribution < -0.4 is 10.5 Å². The second-order valence-corrected chi connectivity index (χ2v) is 5.98. The van der Waals surface area contributed by atoms with E-state index in [0.29, 0.717) is 17.9 Å². The Kier molecular flexibility index (Phi) is 6.52. The molecule has 0 bridgehead atoms. The number of ether oxygens (including phenoxy) is 1. The molecule has 0 aliphatic heterocycles. The summed E-state index contributed by atoms with van der Waals surface area (Å²) in [6, 6.07) is 7.19. The minimum absolute atomic E-state index is 0.288. The zero-order valence-electron chi connectivity index (χ0n) is 11.7. The van der Waals surface area contributed by atoms with E-state index < -0.39 is 13.4 Å². The van der Waals surface area contributed by atoms with E-state index in [0.717, 1.165) is 0 Å². The van der Waals surface area contributed by atoms with Gasteiger partial charge in [0.15, 0.2) is 0 Å². The molecule has 0 spiro atoms. The van der Waals surface area contributed by atoms with Crippen LogP contribution in [0.4, 0.5) is 0 Å². The molecule has 0 saturated carbocycles. The summed E-state index contributed by atoms with van der Waals surface area (Å²) in [5.74, 6) is -0.122. The van der Waals surface area contributed by atoms with Gasteiger partial charge in [-0.3, -0.25) is 4.57 Å². The molecule has 0 aliphatic rings. The van der Waals surface area contributed by atoms with Crippen molar-refractivity contribution in [2.75, 3.05) is 19.8 Å². The first-order chi connectivity index (χ1) is 9.07. The summed E-state index contributed by atoms with van der Waals surface area (Å²) >= 11 is 0. The highest BCUT2D eigenvalue weighted by molar-refractivity contribution is 7.54. The molecule has 0 heterocycles. The van der Waals surface area contributed by atoms with Gasteiger partial charge < -0.3 is 19.5 Å². The lowest BCUT2D eigenvalue weighted by molar-refractivity contribution is 0.212. The normalized spacial score (nSPS) is 13.3. The maximum absolute atomic E-state index is 12.6. The van der Waals surface area contributed by atoms with Crippen LogP contribution in [0.15, 0.2) is 24.3 Å². The van der Waals surface area contributed by atoms with E-state index in [2.05, 4.69) is 0 Å². The molecule has 108 valence electrons. The van der Waals surface area contributed by atoms with E-state index >= 15 is 0 Å². The first kappa shape index (κ1) is 16.2. The predicted molar refractivity (Wildman–Crippen MR) is 75.4 cm³/mol. The van der Waals surface area contributed by atoms with Crippen molar-refractivity contribution in [1.82, 2.24) is 0 Å². The summed E-state index contributed by atoms with van der Waals surface area (Å²) in [4.78, 5) is 0. The molecular formula is C13H22NO4P. The molecule has 0 aliphatic carbocycles. The van der Waals surface area contributed by atoms with Gasteiger partial charge in [-0.2, -0.15) is 0 Å². The van der Waals surface area contributed by atoms with Crippen molar-refractivity contribution >= 4 is 7.60 Å². The Bertz CT molecular complexity index is 428. The summed E-state index contributed by atoms with van der Waals surface area (Å²) in [5.41, 5.74) is 6.72. The first-order valence-electron chi connectivity index (χ1n) is 6.44. The molecule has 0 radical (unpaired) electrons. The lowest BCUT2D eigenvalue weighted by Crippen LogP contribution is -2.15. The van der Waals surface area contributed by atoms with Gasteiger partial charge in [0.25, 0.3) is 0 Å². The lowest BCUT2D eigenvalue weighted by atomic mass is 10.2. The van der Waals surface area contributed by atoms with Crippen LogP contribution in [0, 0.1) is 0 Å². The summed E-state index contributed by atoms with van der Waals surface area (Å²) in [5, 5.41) is 0. The fourth-order valence-electron chi connectivity index (χ4n) is 1.70. The van der Waals surface area contributed by atoms with Gasteiger partial charge in [-0.25, -0.2) is 0 Å². The molecule has 0 aromatic heterocycles. The number of rotatable bonds is 8. The van der Waals surface area contributed by atoms with Crippen molar-refractivity contribution < 1.29 is 18.3 Å². The van der Waals surface area contributed by atoms with E-state index in [-0.39, 0.29) is 13.2 Å². The van der Waals surface area contributed by atoms with Gasteiger partial charge in [-0.15, -0.1) is 0 Å². The molecule has 1 atom stereocenters. The fourth-order valence-corrected chi connectivity index (χ4v) is 3.34. The van der Waals surface area contributed by atoms with E-state index in [1.165, 1.54) is 0 Å². The second kappa shape index (κ2) is 7.65. The summed E-state index contributed by atoms with van der Waals surface area (Å²) < 4.78 is 28.5. The average molecular weight is 287 g/mol. The van der Waals surface area contributed by atoms with Crippen LogP contribution >= 0.6 is 7.60 Å². The highest BCUT2D eigenvalue weighted by Gasteiger charge is 2.33. The minimum Gasteiger partial charge on any atom is -0.494 e. The topological polar surface area (TPSA) is 70.8 Å². The Balaban J connectivity index is 2.98. The molecule has 1 aromatic carbocycles. The molecular weight excluding hydrogens is 265 g/mol. The molecule has 0 fully saturated rings. The third-order valence-corrected chi connectivity index (χ3v) is 4.69. The van der Waals surface area contributed by atoms with E-state index in [1.54, 1.807) is 26.0 Å². The predicted octanol–water partition coefficient (Wildman–Crippen LogP) is 3.31. The van der Waals surface area contributed by atoms with Crippen LogP contribution in [0.3, 0.4) is 0 Å². The monoisotopic (exact) mass is 287 g/mol. The van der Waals surface area contributed by atoms with Gasteiger partial charge >= 0.3 is 7.60 Å². The summed E-state index contributed by atoms with van der Waals surface area (Å²) in [6.07, 6.45) is 0. The quantitative estimate of drug-likeness (QED) is 0.743. The number of nitrogens with two attached hydrogens (primary N) is 1. The second-order valence-electron chi connectivity index (χ2n) is 3.83. The SMILES string of the molecule is CCOc1cccc([C@H](N)P(=O)(OCC)OCC)c1. The third-order valence-electron chi connectivity index (χ3n) is 2.47. The Hall–Kier alpha value is -0.870. The van der Waals surface area contributed by atoms with Gasteiger partial charge in [0, 0.05) is 0 Å². The molecule has 19 heavy (non-hydrogen) atoms. The van der Waals surface area contributed by atoms with Crippen LogP contribution in [-0.2, 0) is 13.6 Å². The van der Waals surface area contributed by atoms with E-state index in [1.807, 2.05) is 19.1 Å². The highest BCUT2D eigenvalue weighted by atomic mass is 31.2. The maximum Gasteiger partial charge on any atom is 0.351 e. The standard InChI is InChI=1S/C13H22NO4P/c1-4-16-12-9-7-8-11(10-12)13(14)19(15,17-5-2)18-6-3/h7-10,13H,4-6,14H2,1-3H3/t13-/m1/s1. The van der Waals surface area contributed by atoms with Crippen molar-refractivity contribution in [1.29, 1.82) is 0 Å². The minimum atomic E-state index is -3.35. The van der Waals surface area contributed by atoms with Crippen LogP contribution in [0.25, 0.3) is 0 Å². The Morgan fingerprint density at radius 1 is 1.16 bits per heavy atom. The van der Waals surface area contributed by atoms with Gasteiger partial charge in [-0.05, 0) is 38.5 Å². The number of hydrogen-bond donors (Lipinski definition) is 1. The van der Waals surface area contributed by atoms with Crippen LogP contribution in [0.2, 0.25) is 0 Å². The third kappa shape index (κ3) is 4.32. The molecule has 0 unspecified atom stereocenters. The highest BCUT2D eigenvalue weighted by Crippen LogP contribution is 2.58. The van der Waals surface area contributed by atoms with Crippen molar-refractivity contribution in [2.24, 2.45) is 5.73 Å². The fraction of sp³-hybridized carbons (Fsp3) is 0.538. The van der Waals surface area contributed by atoms with Gasteiger partial charge in [0.05, 0.1) is 19.8 Å². The molecule has 2 N–H and O–H groups in total. The zero-order chi connectivity index (χ0) is 14.3. The van der Waals surface area contributed by atoms with Crippen LogP contribution in [-0.4, -0.2) is 19.8 Å². The van der Waals surface area contributed by atoms with Crippen molar-refractivity contribution in [3.8, 4) is 5.75 Å². The Labute approximate surface area is 114 Å². The van der Waals surface area contributed by atoms with E-state index in [9.17, 15) is 4.57 Å². The lowest BCUT2D eigenvalue weighted by Gasteiger charge is -2.23. The van der Waals surface area contributed by atoms with Crippen molar-refractivity contribution in [3.05, 3.63) is 29.8 Å². The van der Waals surface area contributed by atoms with Gasteiger partial charge in [0.2, 0.25) is 0 Å². The zero-order valence-corrected chi connectivity index (χ0v) is 12.6. The number of hydrogen-bond acceptors (Lipinski definition) is 5. The Morgan fingerprint density at radius 3 is 2.32 bits per heavy atom. The maximum atomic E-state index is 12.6. The molecule has 5 nitrogen and oxygen atoms in total. The van der Waals surface area contributed by atoms with Crippen molar-refractivity contribution in [2.45, 2.75) is 26.6 Å². The molecule has 6 heteroatoms. The summed E-state index contributed by atoms with van der Waals surface area (Å²) in [7, 11) is -3.35. The van der Waals surface area contributed by atoms with Crippen LogP contribution in [0.5, 0.6) is 5.75 Å². The van der Waals surface area contributed by atoms with Crippen LogP contribution in [0.1, 0.15) is 32.1 Å². The first-order valence-corrected chi connectivity index (χ1v) is 8.05. The molecule has 0 saturated heterocycles. The summed E-state index contributed by atoms with van der Waals surface area (Å²) in [6.45, 7) is 6.56. The van der Waals surface area contributed by atoms with Gasteiger partial charge in [-0.1, -0.05) is 12.1 Å². The molecule has 0 amide bonds. The average Bonchev–Trinajstić information content (AvgIpc) is 2.39. The molecule has 1 rings (SSSR count). The van der Waals surface area contributed by atoms with E-state index in [4.69, 9.17) is 19.5 Å². The molecule has 1 aromatic rings. The smallest absolute Gasteiger partial charge is 0.351 e. The van der Waals surface area contributed by atoms with Gasteiger partial charge in [0.1, 0.15) is 11.5 Å². The Morgan fingerprint density at radius 2 is 1.79 bits per heavy atom. The largest absolute Gasteiger partial charge is 0.494 e.